The summed E-state index contributed by atoms with van der Waals surface area (Å²) in [5, 5.41) is 0. The first-order valence-electron chi connectivity index (χ1n) is 6.03. The minimum absolute atomic E-state index is 0.625. The molecule has 0 atom stereocenters. The van der Waals surface area contributed by atoms with E-state index in [1.54, 1.807) is 12.7 Å². The monoisotopic (exact) mass is 243 g/mol. The van der Waals surface area contributed by atoms with Crippen LogP contribution in [0.3, 0.4) is 0 Å². The Kier molecular flexibility index (Phi) is 3.78. The second kappa shape index (κ2) is 5.50. The summed E-state index contributed by atoms with van der Waals surface area (Å²) in [6, 6.07) is 0. The molecule has 2 aromatic heterocycles. The number of nitrogens with zero attached hydrogens (tertiary/aromatic N) is 5. The summed E-state index contributed by atoms with van der Waals surface area (Å²) in [7, 11) is 3.89. The molecule has 0 aromatic carbocycles. The van der Waals surface area contributed by atoms with E-state index in [0.717, 1.165) is 29.8 Å². The number of hydrogen-bond donors (Lipinski definition) is 0. The van der Waals surface area contributed by atoms with Crippen LogP contribution in [0, 0.1) is 11.8 Å². The maximum Gasteiger partial charge on any atom is 0.166 e. The second-order valence-electron chi connectivity index (χ2n) is 4.24. The van der Waals surface area contributed by atoms with Crippen LogP contribution < -0.4 is 4.90 Å². The van der Waals surface area contributed by atoms with E-state index in [1.807, 2.05) is 23.6 Å². The average Bonchev–Trinajstić information content (AvgIpc) is 2.77. The van der Waals surface area contributed by atoms with E-state index in [0.29, 0.717) is 6.54 Å². The van der Waals surface area contributed by atoms with Gasteiger partial charge < -0.3 is 9.47 Å². The molecule has 0 saturated heterocycles. The predicted octanol–water partition coefficient (Wildman–Crippen LogP) is 1.70. The highest BCUT2D eigenvalue weighted by molar-refractivity contribution is 5.83. The predicted molar refractivity (Wildman–Crippen MR) is 72.3 cm³/mol. The SMILES string of the molecule is CCCC#CCn1cnc2c(N(C)C)ncnc21. The van der Waals surface area contributed by atoms with Gasteiger partial charge in [-0.05, 0) is 6.42 Å². The lowest BCUT2D eigenvalue weighted by molar-refractivity contribution is 0.853. The average molecular weight is 243 g/mol. The van der Waals surface area contributed by atoms with Crippen molar-refractivity contribution < 1.29 is 0 Å². The van der Waals surface area contributed by atoms with E-state index in [4.69, 9.17) is 0 Å². The molecule has 0 aliphatic carbocycles. The van der Waals surface area contributed by atoms with E-state index >= 15 is 0 Å². The van der Waals surface area contributed by atoms with Crippen LogP contribution in [0.2, 0.25) is 0 Å². The Hall–Kier alpha value is -2.09. The van der Waals surface area contributed by atoms with Gasteiger partial charge in [0.05, 0.1) is 12.9 Å². The minimum atomic E-state index is 0.625. The summed E-state index contributed by atoms with van der Waals surface area (Å²) in [6.07, 6.45) is 5.36. The third-order valence-electron chi connectivity index (χ3n) is 2.55. The van der Waals surface area contributed by atoms with Gasteiger partial charge in [-0.2, -0.15) is 0 Å². The molecule has 5 nitrogen and oxygen atoms in total. The molecule has 0 spiro atoms. The molecule has 5 heteroatoms. The quantitative estimate of drug-likeness (QED) is 0.770. The van der Waals surface area contributed by atoms with Gasteiger partial charge in [-0.15, -0.1) is 5.92 Å². The van der Waals surface area contributed by atoms with Gasteiger partial charge in [-0.3, -0.25) is 0 Å². The van der Waals surface area contributed by atoms with Crippen LogP contribution in [0.5, 0.6) is 0 Å². The number of aromatic nitrogens is 4. The molecule has 0 amide bonds. The van der Waals surface area contributed by atoms with Crippen molar-refractivity contribution in [2.45, 2.75) is 26.3 Å². The summed E-state index contributed by atoms with van der Waals surface area (Å²) in [5.74, 6) is 7.09. The van der Waals surface area contributed by atoms with Crippen molar-refractivity contribution in [1.82, 2.24) is 19.5 Å². The van der Waals surface area contributed by atoms with Crippen molar-refractivity contribution in [3.05, 3.63) is 12.7 Å². The zero-order valence-electron chi connectivity index (χ0n) is 11.0. The molecule has 0 radical (unpaired) electrons. The Morgan fingerprint density at radius 1 is 1.22 bits per heavy atom. The van der Waals surface area contributed by atoms with Gasteiger partial charge in [-0.25, -0.2) is 15.0 Å². The normalized spacial score (nSPS) is 10.2. The largest absolute Gasteiger partial charge is 0.361 e. The van der Waals surface area contributed by atoms with Crippen molar-refractivity contribution in [3.8, 4) is 11.8 Å². The highest BCUT2D eigenvalue weighted by Crippen LogP contribution is 2.18. The Morgan fingerprint density at radius 3 is 2.78 bits per heavy atom. The van der Waals surface area contributed by atoms with Gasteiger partial charge in [0.1, 0.15) is 6.33 Å². The Balaban J connectivity index is 2.32. The van der Waals surface area contributed by atoms with Crippen molar-refractivity contribution in [2.75, 3.05) is 19.0 Å². The molecule has 18 heavy (non-hydrogen) atoms. The van der Waals surface area contributed by atoms with Gasteiger partial charge in [0.25, 0.3) is 0 Å². The summed E-state index contributed by atoms with van der Waals surface area (Å²) in [6.45, 7) is 2.75. The summed E-state index contributed by atoms with van der Waals surface area (Å²) < 4.78 is 1.95. The molecule has 0 fully saturated rings. The lowest BCUT2D eigenvalue weighted by atomic mass is 10.3. The molecule has 0 aliphatic heterocycles. The first-order valence-corrected chi connectivity index (χ1v) is 6.03. The maximum absolute atomic E-state index is 4.37. The van der Waals surface area contributed by atoms with Gasteiger partial charge in [0.2, 0.25) is 0 Å². The Morgan fingerprint density at radius 2 is 2.06 bits per heavy atom. The molecule has 2 rings (SSSR count). The van der Waals surface area contributed by atoms with Crippen LogP contribution in [0.4, 0.5) is 5.82 Å². The molecular weight excluding hydrogens is 226 g/mol. The second-order valence-corrected chi connectivity index (χ2v) is 4.24. The number of imidazole rings is 1. The molecule has 2 aromatic rings. The van der Waals surface area contributed by atoms with Gasteiger partial charge in [0, 0.05) is 20.5 Å². The first kappa shape index (κ1) is 12.4. The fraction of sp³-hybridized carbons (Fsp3) is 0.462. The van der Waals surface area contributed by atoms with Crippen molar-refractivity contribution in [3.63, 3.8) is 0 Å². The van der Waals surface area contributed by atoms with Crippen LogP contribution in [0.15, 0.2) is 12.7 Å². The Bertz CT molecular complexity index is 588. The number of rotatable bonds is 3. The zero-order valence-corrected chi connectivity index (χ0v) is 11.0. The molecule has 0 saturated carbocycles. The smallest absolute Gasteiger partial charge is 0.166 e. The van der Waals surface area contributed by atoms with Crippen LogP contribution in [0.25, 0.3) is 11.2 Å². The molecule has 2 heterocycles. The number of unbranched alkanes of at least 4 members (excludes halogenated alkanes) is 1. The van der Waals surface area contributed by atoms with Crippen LogP contribution in [-0.2, 0) is 6.54 Å². The lowest BCUT2D eigenvalue weighted by Crippen LogP contribution is -2.11. The highest BCUT2D eigenvalue weighted by Gasteiger charge is 2.10. The topological polar surface area (TPSA) is 46.8 Å². The lowest BCUT2D eigenvalue weighted by Gasteiger charge is -2.10. The third kappa shape index (κ3) is 2.43. The molecule has 0 aliphatic rings. The highest BCUT2D eigenvalue weighted by atomic mass is 15.2. The van der Waals surface area contributed by atoms with E-state index < -0.39 is 0 Å². The van der Waals surface area contributed by atoms with Crippen molar-refractivity contribution >= 4 is 17.0 Å². The van der Waals surface area contributed by atoms with E-state index in [2.05, 4.69) is 33.7 Å². The summed E-state index contributed by atoms with van der Waals surface area (Å²) in [5.41, 5.74) is 1.65. The van der Waals surface area contributed by atoms with E-state index in [-0.39, 0.29) is 0 Å². The fourth-order valence-electron chi connectivity index (χ4n) is 1.67. The van der Waals surface area contributed by atoms with E-state index in [9.17, 15) is 0 Å². The summed E-state index contributed by atoms with van der Waals surface area (Å²) >= 11 is 0. The zero-order chi connectivity index (χ0) is 13.0. The summed E-state index contributed by atoms with van der Waals surface area (Å²) in [4.78, 5) is 14.8. The fourth-order valence-corrected chi connectivity index (χ4v) is 1.67. The minimum Gasteiger partial charge on any atom is -0.361 e. The van der Waals surface area contributed by atoms with Gasteiger partial charge >= 0.3 is 0 Å². The van der Waals surface area contributed by atoms with Gasteiger partial charge in [0.15, 0.2) is 17.0 Å². The van der Waals surface area contributed by atoms with Crippen LogP contribution in [0.1, 0.15) is 19.8 Å². The van der Waals surface area contributed by atoms with Gasteiger partial charge in [-0.1, -0.05) is 12.8 Å². The maximum atomic E-state index is 4.37. The standard InChI is InChI=1S/C13H17N5/c1-4-5-6-7-8-18-10-16-11-12(17(2)3)14-9-15-13(11)18/h9-10H,4-5,8H2,1-3H3. The molecule has 0 N–H and O–H groups in total. The molecule has 94 valence electrons. The Labute approximate surface area is 107 Å². The number of fused-ring (bicyclic) bond motifs is 1. The molecule has 0 unspecified atom stereocenters. The van der Waals surface area contributed by atoms with Crippen molar-refractivity contribution in [1.29, 1.82) is 0 Å². The molecular formula is C13H17N5. The van der Waals surface area contributed by atoms with Crippen molar-refractivity contribution in [2.24, 2.45) is 0 Å². The first-order chi connectivity index (χ1) is 8.74. The number of anilines is 1. The van der Waals surface area contributed by atoms with Crippen LogP contribution >= 0.6 is 0 Å². The van der Waals surface area contributed by atoms with Crippen LogP contribution in [-0.4, -0.2) is 33.6 Å². The number of hydrogen-bond acceptors (Lipinski definition) is 4. The molecule has 0 bridgehead atoms. The third-order valence-corrected chi connectivity index (χ3v) is 2.55. The van der Waals surface area contributed by atoms with E-state index in [1.165, 1.54) is 0 Å².